The average Bonchev–Trinajstić information content (AvgIpc) is 3.03. The highest BCUT2D eigenvalue weighted by atomic mass is 19.4. The third-order valence-corrected chi connectivity index (χ3v) is 5.27. The van der Waals surface area contributed by atoms with Gasteiger partial charge in [-0.25, -0.2) is 0 Å². The quantitative estimate of drug-likeness (QED) is 0.801. The molecular weight excluding hydrogens is 349 g/mol. The zero-order chi connectivity index (χ0) is 18.9. The third-order valence-electron chi connectivity index (χ3n) is 5.27. The Morgan fingerprint density at radius 1 is 1.04 bits per heavy atom. The highest BCUT2D eigenvalue weighted by Gasteiger charge is 2.40. The highest BCUT2D eigenvalue weighted by molar-refractivity contribution is 5.95. The van der Waals surface area contributed by atoms with Crippen LogP contribution in [0.2, 0.25) is 0 Å². The van der Waals surface area contributed by atoms with Crippen molar-refractivity contribution in [1.82, 2.24) is 19.6 Å². The van der Waals surface area contributed by atoms with Gasteiger partial charge in [-0.15, -0.1) is 0 Å². The van der Waals surface area contributed by atoms with Gasteiger partial charge in [0, 0.05) is 39.1 Å². The van der Waals surface area contributed by atoms with E-state index in [1.165, 1.54) is 18.4 Å². The standard InChI is InChI=1S/C17H23F3N4O2/c1-22-14(17(18,19)20)13(11-21-22)16(26)24-9-7-23(8-10-24)15(25)12-5-3-2-4-6-12/h11-12H,2-10H2,1H3. The molecule has 0 atom stereocenters. The van der Waals surface area contributed by atoms with E-state index < -0.39 is 23.3 Å². The van der Waals surface area contributed by atoms with Crippen molar-refractivity contribution in [3.8, 4) is 0 Å². The number of piperazine rings is 1. The van der Waals surface area contributed by atoms with Crippen molar-refractivity contribution in [3.63, 3.8) is 0 Å². The van der Waals surface area contributed by atoms with Crippen molar-refractivity contribution in [1.29, 1.82) is 0 Å². The number of aryl methyl sites for hydroxylation is 1. The van der Waals surface area contributed by atoms with E-state index >= 15 is 0 Å². The molecule has 0 N–H and O–H groups in total. The number of rotatable bonds is 2. The first-order valence-corrected chi connectivity index (χ1v) is 8.96. The first kappa shape index (κ1) is 18.7. The summed E-state index contributed by atoms with van der Waals surface area (Å²) >= 11 is 0. The van der Waals surface area contributed by atoms with Crippen molar-refractivity contribution in [2.45, 2.75) is 38.3 Å². The number of hydrogen-bond acceptors (Lipinski definition) is 3. The topological polar surface area (TPSA) is 58.4 Å². The maximum absolute atomic E-state index is 13.2. The Morgan fingerprint density at radius 3 is 2.19 bits per heavy atom. The summed E-state index contributed by atoms with van der Waals surface area (Å²) in [5.41, 5.74) is -1.48. The van der Waals surface area contributed by atoms with Gasteiger partial charge >= 0.3 is 6.18 Å². The molecule has 3 rings (SSSR count). The maximum Gasteiger partial charge on any atom is 0.433 e. The normalized spacial score (nSPS) is 19.7. The SMILES string of the molecule is Cn1ncc(C(=O)N2CCN(C(=O)C3CCCCC3)CC2)c1C(F)(F)F. The molecule has 1 aromatic heterocycles. The molecule has 2 heterocycles. The molecule has 2 aliphatic rings. The lowest BCUT2D eigenvalue weighted by molar-refractivity contribution is -0.144. The predicted octanol–water partition coefficient (Wildman–Crippen LogP) is 2.30. The van der Waals surface area contributed by atoms with Crippen LogP contribution in [0, 0.1) is 5.92 Å². The van der Waals surface area contributed by atoms with Crippen LogP contribution in [0.5, 0.6) is 0 Å². The first-order chi connectivity index (χ1) is 12.3. The summed E-state index contributed by atoms with van der Waals surface area (Å²) in [5, 5.41) is 3.59. The zero-order valence-electron chi connectivity index (χ0n) is 14.8. The molecule has 2 fully saturated rings. The van der Waals surface area contributed by atoms with Gasteiger partial charge in [-0.3, -0.25) is 14.3 Å². The number of alkyl halides is 3. The molecule has 1 aromatic rings. The van der Waals surface area contributed by atoms with Gasteiger partial charge < -0.3 is 9.80 Å². The molecule has 1 aliphatic heterocycles. The van der Waals surface area contributed by atoms with Crippen LogP contribution in [0.1, 0.15) is 48.2 Å². The van der Waals surface area contributed by atoms with Gasteiger partial charge in [-0.1, -0.05) is 19.3 Å². The fourth-order valence-electron chi connectivity index (χ4n) is 3.84. The molecular formula is C17H23F3N4O2. The van der Waals surface area contributed by atoms with Gasteiger partial charge in [-0.2, -0.15) is 18.3 Å². The van der Waals surface area contributed by atoms with Crippen LogP contribution in [0.25, 0.3) is 0 Å². The summed E-state index contributed by atoms with van der Waals surface area (Å²) in [6, 6.07) is 0. The molecule has 0 spiro atoms. The first-order valence-electron chi connectivity index (χ1n) is 8.96. The van der Waals surface area contributed by atoms with Crippen LogP contribution in [0.3, 0.4) is 0 Å². The molecule has 0 bridgehead atoms. The molecule has 1 saturated heterocycles. The highest BCUT2D eigenvalue weighted by Crippen LogP contribution is 2.32. The van der Waals surface area contributed by atoms with E-state index in [0.717, 1.165) is 31.9 Å². The maximum atomic E-state index is 13.2. The van der Waals surface area contributed by atoms with Crippen molar-refractivity contribution in [2.75, 3.05) is 26.2 Å². The van der Waals surface area contributed by atoms with Crippen LogP contribution < -0.4 is 0 Å². The Labute approximate surface area is 149 Å². The summed E-state index contributed by atoms with van der Waals surface area (Å²) < 4.78 is 40.2. The second-order valence-corrected chi connectivity index (χ2v) is 6.98. The Hall–Kier alpha value is -2.06. The molecule has 26 heavy (non-hydrogen) atoms. The largest absolute Gasteiger partial charge is 0.433 e. The van der Waals surface area contributed by atoms with E-state index in [1.807, 2.05) is 0 Å². The van der Waals surface area contributed by atoms with Crippen molar-refractivity contribution < 1.29 is 22.8 Å². The number of nitrogens with zero attached hydrogens (tertiary/aromatic N) is 4. The molecule has 6 nitrogen and oxygen atoms in total. The van der Waals surface area contributed by atoms with Gasteiger partial charge in [-0.05, 0) is 12.8 Å². The van der Waals surface area contributed by atoms with E-state index in [0.29, 0.717) is 17.8 Å². The van der Waals surface area contributed by atoms with Crippen LogP contribution >= 0.6 is 0 Å². The van der Waals surface area contributed by atoms with Crippen LogP contribution in [0.15, 0.2) is 6.20 Å². The van der Waals surface area contributed by atoms with Crippen molar-refractivity contribution >= 4 is 11.8 Å². The second-order valence-electron chi connectivity index (χ2n) is 6.98. The Kier molecular flexibility index (Phi) is 5.24. The number of carbonyl (C=O) groups excluding carboxylic acids is 2. The monoisotopic (exact) mass is 372 g/mol. The van der Waals surface area contributed by atoms with Gasteiger partial charge in [0.15, 0.2) is 5.69 Å². The minimum Gasteiger partial charge on any atom is -0.339 e. The number of hydrogen-bond donors (Lipinski definition) is 0. The molecule has 144 valence electrons. The lowest BCUT2D eigenvalue weighted by Gasteiger charge is -2.37. The number of aromatic nitrogens is 2. The van der Waals surface area contributed by atoms with Gasteiger partial charge in [0.2, 0.25) is 5.91 Å². The summed E-state index contributed by atoms with van der Waals surface area (Å²) in [6.45, 7) is 1.21. The molecule has 0 unspecified atom stereocenters. The molecule has 1 saturated carbocycles. The van der Waals surface area contributed by atoms with Crippen molar-refractivity contribution in [2.24, 2.45) is 13.0 Å². The Bertz CT molecular complexity index is 672. The number of amides is 2. The average molecular weight is 372 g/mol. The summed E-state index contributed by atoms with van der Waals surface area (Å²) in [6.07, 6.45) is 1.43. The summed E-state index contributed by atoms with van der Waals surface area (Å²) in [4.78, 5) is 28.2. The summed E-state index contributed by atoms with van der Waals surface area (Å²) in [5.74, 6) is -0.509. The fraction of sp³-hybridized carbons (Fsp3) is 0.706. The minimum absolute atomic E-state index is 0.0566. The van der Waals surface area contributed by atoms with E-state index in [1.54, 1.807) is 4.90 Å². The Morgan fingerprint density at radius 2 is 1.62 bits per heavy atom. The third kappa shape index (κ3) is 3.71. The fourth-order valence-corrected chi connectivity index (χ4v) is 3.84. The lowest BCUT2D eigenvalue weighted by Crippen LogP contribution is -2.52. The van der Waals surface area contributed by atoms with E-state index in [9.17, 15) is 22.8 Å². The molecule has 2 amide bonds. The van der Waals surface area contributed by atoms with Crippen LogP contribution in [0.4, 0.5) is 13.2 Å². The van der Waals surface area contributed by atoms with E-state index in [2.05, 4.69) is 5.10 Å². The summed E-state index contributed by atoms with van der Waals surface area (Å²) in [7, 11) is 1.17. The lowest BCUT2D eigenvalue weighted by atomic mass is 9.88. The minimum atomic E-state index is -4.64. The van der Waals surface area contributed by atoms with Crippen LogP contribution in [-0.2, 0) is 18.0 Å². The molecule has 1 aliphatic carbocycles. The van der Waals surface area contributed by atoms with Gasteiger partial charge in [0.1, 0.15) is 0 Å². The van der Waals surface area contributed by atoms with E-state index in [4.69, 9.17) is 0 Å². The number of carbonyl (C=O) groups is 2. The smallest absolute Gasteiger partial charge is 0.339 e. The Balaban J connectivity index is 1.63. The number of halogens is 3. The van der Waals surface area contributed by atoms with Gasteiger partial charge in [0.05, 0.1) is 11.8 Å². The van der Waals surface area contributed by atoms with Crippen LogP contribution in [-0.4, -0.2) is 57.6 Å². The predicted molar refractivity (Wildman–Crippen MR) is 87.3 cm³/mol. The van der Waals surface area contributed by atoms with Gasteiger partial charge in [0.25, 0.3) is 5.91 Å². The molecule has 9 heteroatoms. The zero-order valence-corrected chi connectivity index (χ0v) is 14.8. The molecule has 0 aromatic carbocycles. The second kappa shape index (κ2) is 7.28. The van der Waals surface area contributed by atoms with E-state index in [-0.39, 0.29) is 24.9 Å². The van der Waals surface area contributed by atoms with Crippen molar-refractivity contribution in [3.05, 3.63) is 17.5 Å². The molecule has 0 radical (unpaired) electrons.